The summed E-state index contributed by atoms with van der Waals surface area (Å²) in [7, 11) is 0. The van der Waals surface area contributed by atoms with Crippen molar-refractivity contribution in [1.82, 2.24) is 5.32 Å². The second-order valence-corrected chi connectivity index (χ2v) is 21.4. The van der Waals surface area contributed by atoms with Crippen LogP contribution in [0.3, 0.4) is 0 Å². The number of carbonyl (C=O) groups excluding carboxylic acids is 2. The van der Waals surface area contributed by atoms with E-state index in [1.807, 2.05) is 0 Å². The highest BCUT2D eigenvalue weighted by atomic mass is 16.5. The lowest BCUT2D eigenvalue weighted by Crippen LogP contribution is -2.45. The molecule has 69 heavy (non-hydrogen) atoms. The first kappa shape index (κ1) is 67.3. The van der Waals surface area contributed by atoms with Crippen molar-refractivity contribution in [1.29, 1.82) is 0 Å². The van der Waals surface area contributed by atoms with Gasteiger partial charge in [0.25, 0.3) is 0 Å². The molecule has 0 aliphatic heterocycles. The van der Waals surface area contributed by atoms with Crippen molar-refractivity contribution in [2.75, 3.05) is 13.2 Å². The van der Waals surface area contributed by atoms with E-state index in [9.17, 15) is 19.8 Å². The highest BCUT2D eigenvalue weighted by molar-refractivity contribution is 5.76. The SMILES string of the molecule is CCCC/C=C\CCCCCCCC(=O)OCCCCCCCCCCCCCC/C=C\CCCCCCCCCCCCCCCCC(=O)NC(CO)C(O)CCCCCCCCCCCCC. The Bertz CT molecular complexity index is 1080. The highest BCUT2D eigenvalue weighted by Crippen LogP contribution is 2.18. The summed E-state index contributed by atoms with van der Waals surface area (Å²) in [5.41, 5.74) is 0. The van der Waals surface area contributed by atoms with Crippen LogP contribution in [0, 0.1) is 0 Å². The van der Waals surface area contributed by atoms with Crippen LogP contribution in [0.25, 0.3) is 0 Å². The number of carbonyl (C=O) groups is 2. The lowest BCUT2D eigenvalue weighted by Gasteiger charge is -2.22. The van der Waals surface area contributed by atoms with Crippen LogP contribution in [-0.2, 0) is 14.3 Å². The molecule has 0 aromatic heterocycles. The topological polar surface area (TPSA) is 95.9 Å². The van der Waals surface area contributed by atoms with Gasteiger partial charge in [-0.05, 0) is 70.6 Å². The van der Waals surface area contributed by atoms with Gasteiger partial charge in [0, 0.05) is 12.8 Å². The number of amides is 1. The fourth-order valence-electron chi connectivity index (χ4n) is 9.68. The van der Waals surface area contributed by atoms with Gasteiger partial charge in [-0.15, -0.1) is 0 Å². The van der Waals surface area contributed by atoms with Crippen molar-refractivity contribution >= 4 is 11.9 Å². The molecule has 0 bridgehead atoms. The Balaban J connectivity index is 3.35. The van der Waals surface area contributed by atoms with Crippen molar-refractivity contribution in [3.63, 3.8) is 0 Å². The summed E-state index contributed by atoms with van der Waals surface area (Å²) in [6.45, 7) is 4.92. The highest BCUT2D eigenvalue weighted by Gasteiger charge is 2.20. The summed E-state index contributed by atoms with van der Waals surface area (Å²) in [5, 5.41) is 23.2. The van der Waals surface area contributed by atoms with Crippen molar-refractivity contribution in [3.05, 3.63) is 24.3 Å². The minimum atomic E-state index is -0.661. The van der Waals surface area contributed by atoms with E-state index in [1.54, 1.807) is 0 Å². The first-order chi connectivity index (χ1) is 34.0. The van der Waals surface area contributed by atoms with Crippen LogP contribution in [0.1, 0.15) is 341 Å². The number of hydrogen-bond acceptors (Lipinski definition) is 5. The lowest BCUT2D eigenvalue weighted by atomic mass is 10.0. The number of allylic oxidation sites excluding steroid dienone is 4. The van der Waals surface area contributed by atoms with E-state index in [4.69, 9.17) is 4.74 Å². The molecule has 6 nitrogen and oxygen atoms in total. The molecule has 0 saturated carbocycles. The van der Waals surface area contributed by atoms with Gasteiger partial charge in [-0.3, -0.25) is 9.59 Å². The number of unbranched alkanes of at least 4 members (excludes halogenated alkanes) is 43. The predicted octanol–water partition coefficient (Wildman–Crippen LogP) is 19.4. The lowest BCUT2D eigenvalue weighted by molar-refractivity contribution is -0.143. The average Bonchev–Trinajstić information content (AvgIpc) is 3.35. The molecule has 6 heteroatoms. The van der Waals surface area contributed by atoms with Gasteiger partial charge in [0.1, 0.15) is 0 Å². The molecule has 408 valence electrons. The van der Waals surface area contributed by atoms with Gasteiger partial charge in [0.15, 0.2) is 0 Å². The van der Waals surface area contributed by atoms with Crippen molar-refractivity contribution in [3.8, 4) is 0 Å². The predicted molar refractivity (Wildman–Crippen MR) is 301 cm³/mol. The van der Waals surface area contributed by atoms with Gasteiger partial charge in [-0.1, -0.05) is 282 Å². The largest absolute Gasteiger partial charge is 0.466 e. The molecule has 3 N–H and O–H groups in total. The van der Waals surface area contributed by atoms with Gasteiger partial charge in [0.05, 0.1) is 25.4 Å². The Labute approximate surface area is 431 Å². The third-order valence-corrected chi connectivity index (χ3v) is 14.5. The molecule has 0 rings (SSSR count). The van der Waals surface area contributed by atoms with Crippen molar-refractivity contribution in [2.45, 2.75) is 353 Å². The molecule has 0 fully saturated rings. The van der Waals surface area contributed by atoms with E-state index in [0.29, 0.717) is 25.9 Å². The number of aliphatic hydroxyl groups is 2. The zero-order valence-corrected chi connectivity index (χ0v) is 46.6. The first-order valence-corrected chi connectivity index (χ1v) is 31.1. The van der Waals surface area contributed by atoms with Gasteiger partial charge in [-0.25, -0.2) is 0 Å². The number of aliphatic hydroxyl groups excluding tert-OH is 2. The minimum absolute atomic E-state index is 0.00603. The molecular formula is C63H121NO5. The molecule has 0 heterocycles. The van der Waals surface area contributed by atoms with Crippen LogP contribution in [0.15, 0.2) is 24.3 Å². The summed E-state index contributed by atoms with van der Waals surface area (Å²) in [6, 6.07) is -0.538. The minimum Gasteiger partial charge on any atom is -0.466 e. The number of esters is 1. The van der Waals surface area contributed by atoms with E-state index in [1.165, 1.54) is 263 Å². The van der Waals surface area contributed by atoms with Crippen molar-refractivity contribution < 1.29 is 24.5 Å². The van der Waals surface area contributed by atoms with Gasteiger partial charge < -0.3 is 20.3 Å². The molecule has 0 aromatic rings. The normalized spacial score (nSPS) is 12.7. The van der Waals surface area contributed by atoms with Crippen LogP contribution in [0.5, 0.6) is 0 Å². The molecule has 0 aromatic carbocycles. The fourth-order valence-corrected chi connectivity index (χ4v) is 9.68. The van der Waals surface area contributed by atoms with E-state index < -0.39 is 12.1 Å². The Morgan fingerprint density at radius 3 is 1.07 bits per heavy atom. The summed E-state index contributed by atoms with van der Waals surface area (Å²) in [6.07, 6.45) is 72.1. The van der Waals surface area contributed by atoms with Crippen LogP contribution >= 0.6 is 0 Å². The van der Waals surface area contributed by atoms with E-state index in [-0.39, 0.29) is 18.5 Å². The molecule has 2 atom stereocenters. The van der Waals surface area contributed by atoms with Crippen molar-refractivity contribution in [2.24, 2.45) is 0 Å². The summed E-state index contributed by atoms with van der Waals surface area (Å²) >= 11 is 0. The van der Waals surface area contributed by atoms with Gasteiger partial charge >= 0.3 is 5.97 Å². The van der Waals surface area contributed by atoms with Crippen LogP contribution in [-0.4, -0.2) is 47.4 Å². The van der Waals surface area contributed by atoms with E-state index in [0.717, 1.165) is 44.9 Å². The summed E-state index contributed by atoms with van der Waals surface area (Å²) < 4.78 is 5.46. The maximum absolute atomic E-state index is 12.4. The van der Waals surface area contributed by atoms with E-state index in [2.05, 4.69) is 43.5 Å². The first-order valence-electron chi connectivity index (χ1n) is 31.1. The molecule has 0 saturated heterocycles. The zero-order chi connectivity index (χ0) is 50.0. The number of hydrogen-bond donors (Lipinski definition) is 3. The second kappa shape index (κ2) is 58.9. The number of rotatable bonds is 58. The molecule has 0 aliphatic carbocycles. The van der Waals surface area contributed by atoms with Crippen LogP contribution in [0.2, 0.25) is 0 Å². The third-order valence-electron chi connectivity index (χ3n) is 14.5. The third kappa shape index (κ3) is 55.5. The zero-order valence-electron chi connectivity index (χ0n) is 46.6. The Kier molecular flexibility index (Phi) is 57.5. The number of ether oxygens (including phenoxy) is 1. The number of nitrogens with one attached hydrogen (secondary N) is 1. The molecule has 0 spiro atoms. The van der Waals surface area contributed by atoms with Crippen LogP contribution < -0.4 is 5.32 Å². The Morgan fingerprint density at radius 2 is 0.696 bits per heavy atom. The molecule has 1 amide bonds. The summed E-state index contributed by atoms with van der Waals surface area (Å²) in [4.78, 5) is 24.4. The smallest absolute Gasteiger partial charge is 0.305 e. The van der Waals surface area contributed by atoms with Gasteiger partial charge in [-0.2, -0.15) is 0 Å². The average molecular weight is 973 g/mol. The Morgan fingerprint density at radius 1 is 0.391 bits per heavy atom. The van der Waals surface area contributed by atoms with Gasteiger partial charge in [0.2, 0.25) is 5.91 Å². The Hall–Kier alpha value is -1.66. The maximum Gasteiger partial charge on any atom is 0.305 e. The molecular weight excluding hydrogens is 851 g/mol. The molecule has 0 radical (unpaired) electrons. The van der Waals surface area contributed by atoms with Crippen LogP contribution in [0.4, 0.5) is 0 Å². The standard InChI is InChI=1S/C63H121NO5/c1-3-5-7-9-11-13-35-39-43-47-51-55-61(66)60(59-65)64-62(67)56-52-48-44-40-37-33-31-29-27-25-23-21-19-17-15-16-18-20-22-24-26-28-30-32-34-38-42-46-50-54-58-69-63(68)57-53-49-45-41-36-14-12-10-8-6-4-2/h10,12,16,18,60-61,65-66H,3-9,11,13-15,17,19-59H2,1-2H3,(H,64,67)/b12-10-,18-16-. The molecule has 0 aliphatic rings. The maximum atomic E-state index is 12.4. The molecule has 2 unspecified atom stereocenters. The quantitative estimate of drug-likeness (QED) is 0.0321. The summed E-state index contributed by atoms with van der Waals surface area (Å²) in [5.74, 6) is -0.0273. The fraction of sp³-hybridized carbons (Fsp3) is 0.905. The second-order valence-electron chi connectivity index (χ2n) is 21.4. The van der Waals surface area contributed by atoms with E-state index >= 15 is 0 Å². The monoisotopic (exact) mass is 972 g/mol.